The number of anilines is 2. The number of thiophene rings is 1. The largest absolute Gasteiger partial charge is 0.433 e. The van der Waals surface area contributed by atoms with E-state index in [0.717, 1.165) is 17.4 Å². The summed E-state index contributed by atoms with van der Waals surface area (Å²) in [7, 11) is 1.48. The average Bonchev–Trinajstić information content (AvgIpc) is 2.89. The van der Waals surface area contributed by atoms with Crippen LogP contribution in [0.5, 0.6) is 0 Å². The molecule has 0 aromatic carbocycles. The fourth-order valence-corrected chi connectivity index (χ4v) is 2.65. The van der Waals surface area contributed by atoms with Crippen molar-refractivity contribution in [2.24, 2.45) is 0 Å². The van der Waals surface area contributed by atoms with E-state index in [1.807, 2.05) is 24.4 Å². The number of aromatic nitrogens is 2. The maximum absolute atomic E-state index is 12.8. The van der Waals surface area contributed by atoms with Gasteiger partial charge in [-0.3, -0.25) is 0 Å². The summed E-state index contributed by atoms with van der Waals surface area (Å²) in [4.78, 5) is 8.59. The second-order valence-electron chi connectivity index (χ2n) is 4.54. The lowest BCUT2D eigenvalue weighted by molar-refractivity contribution is -0.141. The lowest BCUT2D eigenvalue weighted by atomic mass is 10.2. The van der Waals surface area contributed by atoms with Gasteiger partial charge in [0.05, 0.1) is 0 Å². The van der Waals surface area contributed by atoms with Crippen LogP contribution in [0.15, 0.2) is 23.6 Å². The molecule has 0 aliphatic rings. The van der Waals surface area contributed by atoms with Crippen molar-refractivity contribution < 1.29 is 13.2 Å². The van der Waals surface area contributed by atoms with Gasteiger partial charge in [0, 0.05) is 30.5 Å². The summed E-state index contributed by atoms with van der Waals surface area (Å²) in [5.41, 5.74) is -0.965. The van der Waals surface area contributed by atoms with Crippen LogP contribution in [-0.4, -0.2) is 23.1 Å². The molecule has 2 aromatic rings. The van der Waals surface area contributed by atoms with Crippen LogP contribution in [0.25, 0.3) is 0 Å². The van der Waals surface area contributed by atoms with Crippen molar-refractivity contribution in [2.75, 3.05) is 17.7 Å². The topological polar surface area (TPSA) is 49.8 Å². The quantitative estimate of drug-likeness (QED) is 0.884. The number of nitrogens with one attached hydrogen (secondary N) is 2. The third kappa shape index (κ3) is 4.32. The minimum Gasteiger partial charge on any atom is -0.367 e. The van der Waals surface area contributed by atoms with Gasteiger partial charge in [-0.15, -0.1) is 11.3 Å². The lowest BCUT2D eigenvalue weighted by Gasteiger charge is -2.16. The fourth-order valence-electron chi connectivity index (χ4n) is 1.81. The van der Waals surface area contributed by atoms with Crippen LogP contribution in [0.2, 0.25) is 0 Å². The molecule has 2 N–H and O–H groups in total. The molecule has 0 aliphatic carbocycles. The number of alkyl halides is 3. The highest BCUT2D eigenvalue weighted by Gasteiger charge is 2.33. The van der Waals surface area contributed by atoms with E-state index < -0.39 is 11.9 Å². The SMILES string of the molecule is CNc1nc(NC(C)Cc2cccs2)cc(C(F)(F)F)n1. The number of halogens is 3. The molecule has 2 aromatic heterocycles. The molecule has 0 saturated carbocycles. The highest BCUT2D eigenvalue weighted by molar-refractivity contribution is 7.09. The van der Waals surface area contributed by atoms with Gasteiger partial charge in [0.1, 0.15) is 5.82 Å². The first-order chi connectivity index (χ1) is 9.88. The van der Waals surface area contributed by atoms with Gasteiger partial charge in [-0.05, 0) is 18.4 Å². The van der Waals surface area contributed by atoms with Gasteiger partial charge in [-0.25, -0.2) is 4.98 Å². The van der Waals surface area contributed by atoms with E-state index in [2.05, 4.69) is 20.6 Å². The van der Waals surface area contributed by atoms with Crippen LogP contribution >= 0.6 is 11.3 Å². The normalized spacial score (nSPS) is 13.0. The van der Waals surface area contributed by atoms with E-state index in [1.54, 1.807) is 11.3 Å². The Morgan fingerprint density at radius 1 is 1.33 bits per heavy atom. The van der Waals surface area contributed by atoms with Gasteiger partial charge < -0.3 is 10.6 Å². The van der Waals surface area contributed by atoms with Crippen LogP contribution in [0.3, 0.4) is 0 Å². The molecule has 21 heavy (non-hydrogen) atoms. The summed E-state index contributed by atoms with van der Waals surface area (Å²) in [6.45, 7) is 1.90. The van der Waals surface area contributed by atoms with Crippen LogP contribution in [-0.2, 0) is 12.6 Å². The monoisotopic (exact) mass is 316 g/mol. The third-order valence-corrected chi connectivity index (χ3v) is 3.62. The maximum atomic E-state index is 12.8. The van der Waals surface area contributed by atoms with E-state index >= 15 is 0 Å². The zero-order valence-corrected chi connectivity index (χ0v) is 12.3. The number of hydrogen-bond acceptors (Lipinski definition) is 5. The predicted molar refractivity (Wildman–Crippen MR) is 77.7 cm³/mol. The first-order valence-electron chi connectivity index (χ1n) is 6.31. The number of hydrogen-bond donors (Lipinski definition) is 2. The number of nitrogens with zero attached hydrogens (tertiary/aromatic N) is 2. The predicted octanol–water partition coefficient (Wildman–Crippen LogP) is 3.64. The van der Waals surface area contributed by atoms with Crippen molar-refractivity contribution in [1.82, 2.24) is 9.97 Å². The molecule has 4 nitrogen and oxygen atoms in total. The first-order valence-corrected chi connectivity index (χ1v) is 7.19. The van der Waals surface area contributed by atoms with Crippen LogP contribution in [0.4, 0.5) is 24.9 Å². The Balaban J connectivity index is 2.15. The van der Waals surface area contributed by atoms with Crippen molar-refractivity contribution >= 4 is 23.1 Å². The summed E-state index contributed by atoms with van der Waals surface area (Å²) in [6, 6.07) is 4.82. The molecule has 0 radical (unpaired) electrons. The zero-order chi connectivity index (χ0) is 15.5. The Kier molecular flexibility index (Phi) is 4.66. The summed E-state index contributed by atoms with van der Waals surface area (Å²) in [5, 5.41) is 7.49. The Bertz CT molecular complexity index is 584. The Morgan fingerprint density at radius 2 is 2.10 bits per heavy atom. The van der Waals surface area contributed by atoms with E-state index in [1.165, 1.54) is 7.05 Å². The molecule has 1 unspecified atom stereocenters. The molecular formula is C13H15F3N4S. The van der Waals surface area contributed by atoms with Crippen molar-refractivity contribution in [2.45, 2.75) is 25.6 Å². The van der Waals surface area contributed by atoms with E-state index in [9.17, 15) is 13.2 Å². The zero-order valence-electron chi connectivity index (χ0n) is 11.5. The standard InChI is InChI=1S/C13H15F3N4S/c1-8(6-9-4-3-5-21-9)18-11-7-10(13(14,15)16)19-12(17-2)20-11/h3-5,7-8H,6H2,1-2H3,(H2,17,18,19,20). The first kappa shape index (κ1) is 15.6. The lowest BCUT2D eigenvalue weighted by Crippen LogP contribution is -2.20. The fraction of sp³-hybridized carbons (Fsp3) is 0.385. The van der Waals surface area contributed by atoms with Crippen molar-refractivity contribution in [1.29, 1.82) is 0 Å². The van der Waals surface area contributed by atoms with Gasteiger partial charge in [0.25, 0.3) is 0 Å². The Labute approximate surface area is 124 Å². The van der Waals surface area contributed by atoms with Crippen LogP contribution in [0.1, 0.15) is 17.5 Å². The maximum Gasteiger partial charge on any atom is 0.433 e. The highest BCUT2D eigenvalue weighted by Crippen LogP contribution is 2.29. The minimum absolute atomic E-state index is 0.0376. The molecule has 114 valence electrons. The molecule has 1 atom stereocenters. The molecule has 0 spiro atoms. The van der Waals surface area contributed by atoms with Crippen molar-refractivity contribution in [3.8, 4) is 0 Å². The van der Waals surface area contributed by atoms with E-state index in [4.69, 9.17) is 0 Å². The molecule has 0 amide bonds. The van der Waals surface area contributed by atoms with Gasteiger partial charge >= 0.3 is 6.18 Å². The molecule has 0 aliphatic heterocycles. The molecular weight excluding hydrogens is 301 g/mol. The summed E-state index contributed by atoms with van der Waals surface area (Å²) in [5.74, 6) is 0.0985. The summed E-state index contributed by atoms with van der Waals surface area (Å²) in [6.07, 6.45) is -3.78. The smallest absolute Gasteiger partial charge is 0.367 e. The Hall–Kier alpha value is -1.83. The molecule has 0 bridgehead atoms. The van der Waals surface area contributed by atoms with Crippen LogP contribution in [0, 0.1) is 0 Å². The molecule has 0 saturated heterocycles. The van der Waals surface area contributed by atoms with Crippen molar-refractivity contribution in [3.63, 3.8) is 0 Å². The Morgan fingerprint density at radius 3 is 2.67 bits per heavy atom. The minimum atomic E-state index is -4.50. The highest BCUT2D eigenvalue weighted by atomic mass is 32.1. The molecule has 2 heterocycles. The van der Waals surface area contributed by atoms with Gasteiger partial charge in [-0.1, -0.05) is 6.07 Å². The van der Waals surface area contributed by atoms with Crippen LogP contribution < -0.4 is 10.6 Å². The van der Waals surface area contributed by atoms with Gasteiger partial charge in [0.15, 0.2) is 5.69 Å². The third-order valence-electron chi connectivity index (χ3n) is 2.72. The van der Waals surface area contributed by atoms with E-state index in [-0.39, 0.29) is 17.8 Å². The second-order valence-corrected chi connectivity index (χ2v) is 5.57. The summed E-state index contributed by atoms with van der Waals surface area (Å²) >= 11 is 1.61. The molecule has 8 heteroatoms. The average molecular weight is 316 g/mol. The van der Waals surface area contributed by atoms with Crippen molar-refractivity contribution in [3.05, 3.63) is 34.2 Å². The second kappa shape index (κ2) is 6.30. The molecule has 2 rings (SSSR count). The van der Waals surface area contributed by atoms with Gasteiger partial charge in [-0.2, -0.15) is 18.2 Å². The van der Waals surface area contributed by atoms with E-state index in [0.29, 0.717) is 0 Å². The molecule has 0 fully saturated rings. The van der Waals surface area contributed by atoms with Gasteiger partial charge in [0.2, 0.25) is 5.95 Å². The summed E-state index contributed by atoms with van der Waals surface area (Å²) < 4.78 is 38.3. The number of rotatable bonds is 5.